The van der Waals surface area contributed by atoms with Crippen molar-refractivity contribution < 1.29 is 37.2 Å². The summed E-state index contributed by atoms with van der Waals surface area (Å²) in [6.07, 6.45) is -2.05. The Morgan fingerprint density at radius 3 is 2.51 bits per heavy atom. The van der Waals surface area contributed by atoms with E-state index >= 15 is 4.39 Å². The number of hydrogen-bond acceptors (Lipinski definition) is 7. The predicted octanol–water partition coefficient (Wildman–Crippen LogP) is 2.46. The molecule has 0 spiro atoms. The summed E-state index contributed by atoms with van der Waals surface area (Å²) in [5.41, 5.74) is -0.321. The molecule has 0 bridgehead atoms. The Balaban J connectivity index is 1.95. The highest BCUT2D eigenvalue weighted by atomic mass is 79.9. The Hall–Kier alpha value is -1.93. The zero-order chi connectivity index (χ0) is 26.1. The van der Waals surface area contributed by atoms with Gasteiger partial charge >= 0.3 is 6.03 Å². The van der Waals surface area contributed by atoms with Crippen LogP contribution in [0.2, 0.25) is 0 Å². The number of nitrogens with one attached hydrogen (secondary N) is 2. The molecular formula is C22H26BrF2N3O6S. The van der Waals surface area contributed by atoms with Gasteiger partial charge in [-0.3, -0.25) is 24.6 Å². The number of amides is 4. The third kappa shape index (κ3) is 6.08. The molecule has 3 rings (SSSR count). The molecule has 1 aromatic carbocycles. The second kappa shape index (κ2) is 11.0. The van der Waals surface area contributed by atoms with Gasteiger partial charge in [0, 0.05) is 40.7 Å². The van der Waals surface area contributed by atoms with Crippen LogP contribution in [-0.4, -0.2) is 63.3 Å². The van der Waals surface area contributed by atoms with Crippen molar-refractivity contribution in [2.24, 2.45) is 5.92 Å². The van der Waals surface area contributed by atoms with E-state index in [1.807, 2.05) is 5.32 Å². The number of nitrogens with zero attached hydrogens (tertiary/aromatic N) is 1. The second-order valence-corrected chi connectivity index (χ2v) is 12.1. The predicted molar refractivity (Wildman–Crippen MR) is 125 cm³/mol. The fourth-order valence-electron chi connectivity index (χ4n) is 3.78. The molecule has 1 aromatic rings. The summed E-state index contributed by atoms with van der Waals surface area (Å²) in [5, 5.41) is 1.94. The number of barbiturate groups is 1. The molecule has 4 amide bonds. The number of carbonyl (C=O) groups excluding carboxylic acids is 4. The van der Waals surface area contributed by atoms with Gasteiger partial charge in [0.05, 0.1) is 0 Å². The van der Waals surface area contributed by atoms with E-state index in [4.69, 9.17) is 4.74 Å². The number of alkyl halides is 1. The van der Waals surface area contributed by atoms with Crippen molar-refractivity contribution in [2.45, 2.75) is 56.6 Å². The van der Waals surface area contributed by atoms with Gasteiger partial charge in [-0.1, -0.05) is 15.9 Å². The standard InChI is InChI=1S/C22H26BrF2N3O6S/c1-22(2,3)35(33)27-17(13-10-11(23)4-5-14(13)24)16(25)18(29)15-19(30)26-21(32)28(20(15)31)12-6-8-34-9-7-12/h4-5,10,12,15-17,27H,6-9H2,1-3H3,(H,26,30,32)/t15-,16-,17+,35-/m1/s1. The van der Waals surface area contributed by atoms with Crippen LogP contribution in [0.15, 0.2) is 22.7 Å². The first-order valence-electron chi connectivity index (χ1n) is 10.9. The first kappa shape index (κ1) is 27.7. The summed E-state index contributed by atoms with van der Waals surface area (Å²) in [6.45, 7) is 5.32. The summed E-state index contributed by atoms with van der Waals surface area (Å²) in [4.78, 5) is 51.9. The molecule has 192 valence electrons. The number of ether oxygens (including phenoxy) is 1. The lowest BCUT2D eigenvalue weighted by Crippen LogP contribution is -2.64. The number of halogens is 3. The molecule has 2 saturated heterocycles. The number of benzene rings is 1. The molecule has 0 saturated carbocycles. The molecule has 0 unspecified atom stereocenters. The van der Waals surface area contributed by atoms with Crippen molar-refractivity contribution in [3.63, 3.8) is 0 Å². The van der Waals surface area contributed by atoms with Crippen LogP contribution >= 0.6 is 15.9 Å². The quantitative estimate of drug-likeness (QED) is 0.376. The highest BCUT2D eigenvalue weighted by molar-refractivity contribution is 9.10. The molecule has 0 radical (unpaired) electrons. The van der Waals surface area contributed by atoms with E-state index in [1.54, 1.807) is 20.8 Å². The Kier molecular flexibility index (Phi) is 8.69. The molecule has 2 N–H and O–H groups in total. The maximum absolute atomic E-state index is 15.8. The van der Waals surface area contributed by atoms with Crippen LogP contribution in [0.5, 0.6) is 0 Å². The Labute approximate surface area is 212 Å². The smallest absolute Gasteiger partial charge is 0.331 e. The maximum atomic E-state index is 15.8. The van der Waals surface area contributed by atoms with Crippen molar-refractivity contribution in [2.75, 3.05) is 13.2 Å². The summed E-state index contributed by atoms with van der Waals surface area (Å²) < 4.78 is 50.4. The number of Topliss-reactive ketones (excluding diaryl/α,β-unsaturated/α-hetero) is 1. The van der Waals surface area contributed by atoms with E-state index < -0.39 is 69.7 Å². The van der Waals surface area contributed by atoms with Crippen molar-refractivity contribution in [3.8, 4) is 0 Å². The number of ketones is 1. The highest BCUT2D eigenvalue weighted by Crippen LogP contribution is 2.31. The largest absolute Gasteiger partial charge is 0.598 e. The average Bonchev–Trinajstić information content (AvgIpc) is 2.78. The minimum absolute atomic E-state index is 0.271. The van der Waals surface area contributed by atoms with E-state index in [1.165, 1.54) is 12.1 Å². The molecule has 9 nitrogen and oxygen atoms in total. The van der Waals surface area contributed by atoms with E-state index in [0.717, 1.165) is 11.0 Å². The minimum Gasteiger partial charge on any atom is -0.598 e. The molecule has 35 heavy (non-hydrogen) atoms. The van der Waals surface area contributed by atoms with E-state index in [-0.39, 0.29) is 18.8 Å². The van der Waals surface area contributed by atoms with E-state index in [0.29, 0.717) is 17.3 Å². The van der Waals surface area contributed by atoms with Crippen LogP contribution in [0, 0.1) is 11.7 Å². The topological polar surface area (TPSA) is 128 Å². The number of rotatable bonds is 7. The molecule has 2 fully saturated rings. The molecule has 0 aliphatic carbocycles. The first-order valence-corrected chi connectivity index (χ1v) is 12.8. The van der Waals surface area contributed by atoms with Crippen LogP contribution in [0.25, 0.3) is 0 Å². The molecule has 4 atom stereocenters. The monoisotopic (exact) mass is 577 g/mol. The van der Waals surface area contributed by atoms with Crippen molar-refractivity contribution in [1.82, 2.24) is 14.9 Å². The number of urea groups is 1. The lowest BCUT2D eigenvalue weighted by atomic mass is 9.89. The molecule has 2 aliphatic heterocycles. The number of imide groups is 2. The molecule has 2 heterocycles. The fourth-order valence-corrected chi connectivity index (χ4v) is 4.99. The van der Waals surface area contributed by atoms with Crippen LogP contribution in [0.3, 0.4) is 0 Å². The molecule has 0 aromatic heterocycles. The number of carbonyl (C=O) groups is 4. The lowest BCUT2D eigenvalue weighted by Gasteiger charge is -2.37. The molecule has 2 aliphatic rings. The van der Waals surface area contributed by atoms with Gasteiger partial charge in [0.15, 0.2) is 17.9 Å². The Bertz CT molecular complexity index is 1020. The first-order chi connectivity index (χ1) is 16.3. The Morgan fingerprint density at radius 2 is 1.91 bits per heavy atom. The zero-order valence-electron chi connectivity index (χ0n) is 19.3. The van der Waals surface area contributed by atoms with Crippen LogP contribution in [0.1, 0.15) is 45.2 Å². The van der Waals surface area contributed by atoms with Gasteiger partial charge in [-0.25, -0.2) is 13.6 Å². The summed E-state index contributed by atoms with van der Waals surface area (Å²) in [6, 6.07) is 0.217. The minimum atomic E-state index is -2.64. The van der Waals surface area contributed by atoms with Gasteiger partial charge < -0.3 is 9.29 Å². The number of hydrogen-bond donors (Lipinski definition) is 2. The average molecular weight is 578 g/mol. The third-order valence-electron chi connectivity index (χ3n) is 5.68. The van der Waals surface area contributed by atoms with Crippen LogP contribution in [0.4, 0.5) is 13.6 Å². The van der Waals surface area contributed by atoms with Gasteiger partial charge in [-0.2, -0.15) is 0 Å². The van der Waals surface area contributed by atoms with Gasteiger partial charge in [0.25, 0.3) is 5.91 Å². The van der Waals surface area contributed by atoms with Crippen molar-refractivity contribution in [3.05, 3.63) is 34.1 Å². The fraction of sp³-hybridized carbons (Fsp3) is 0.545. The lowest BCUT2D eigenvalue weighted by molar-refractivity contribution is -0.151. The summed E-state index contributed by atoms with van der Waals surface area (Å²) in [7, 11) is 0. The SMILES string of the molecule is CC(C)(C)[S@@+]([O-])N[C@@H](c1cc(Br)ccc1F)[C@@H](F)C(=O)[C@@H]1C(=O)NC(=O)N(C2CCOCC2)C1=O. The maximum Gasteiger partial charge on any atom is 0.331 e. The second-order valence-electron chi connectivity index (χ2n) is 9.23. The van der Waals surface area contributed by atoms with Gasteiger partial charge in [-0.05, 0) is 51.8 Å². The zero-order valence-corrected chi connectivity index (χ0v) is 21.7. The van der Waals surface area contributed by atoms with Gasteiger partial charge in [0.1, 0.15) is 16.6 Å². The van der Waals surface area contributed by atoms with Crippen LogP contribution in [-0.2, 0) is 30.5 Å². The van der Waals surface area contributed by atoms with E-state index in [9.17, 15) is 28.1 Å². The summed E-state index contributed by atoms with van der Waals surface area (Å²) >= 11 is 1.21. The third-order valence-corrected chi connectivity index (χ3v) is 7.76. The van der Waals surface area contributed by atoms with Crippen LogP contribution < -0.4 is 10.0 Å². The molecular weight excluding hydrogens is 552 g/mol. The highest BCUT2D eigenvalue weighted by Gasteiger charge is 2.51. The molecule has 13 heteroatoms. The van der Waals surface area contributed by atoms with Crippen molar-refractivity contribution in [1.29, 1.82) is 0 Å². The van der Waals surface area contributed by atoms with Gasteiger partial charge in [0.2, 0.25) is 5.91 Å². The van der Waals surface area contributed by atoms with E-state index in [2.05, 4.69) is 20.7 Å². The van der Waals surface area contributed by atoms with Gasteiger partial charge in [-0.15, -0.1) is 4.72 Å². The summed E-state index contributed by atoms with van der Waals surface area (Å²) in [5.74, 6) is -6.93. The Morgan fingerprint density at radius 1 is 1.29 bits per heavy atom. The van der Waals surface area contributed by atoms with Crippen molar-refractivity contribution >= 4 is 50.9 Å². The normalized spacial score (nSPS) is 22.5.